The average Bonchev–Trinajstić information content (AvgIpc) is 2.30. The number of hydrogen-bond acceptors (Lipinski definition) is 5. The first-order chi connectivity index (χ1) is 7.80. The zero-order chi connectivity index (χ0) is 11.0. The lowest BCUT2D eigenvalue weighted by molar-refractivity contribution is -0.193. The molecule has 1 saturated heterocycles. The van der Waals surface area contributed by atoms with Crippen LogP contribution in [0.1, 0.15) is 18.4 Å². The number of hydrogen-bond donors (Lipinski definition) is 3. The van der Waals surface area contributed by atoms with E-state index >= 15 is 0 Å². The van der Waals surface area contributed by atoms with E-state index in [-0.39, 0.29) is 5.60 Å². The summed E-state index contributed by atoms with van der Waals surface area (Å²) in [7, 11) is 0. The van der Waals surface area contributed by atoms with Crippen molar-refractivity contribution < 1.29 is 9.84 Å². The summed E-state index contributed by atoms with van der Waals surface area (Å²) in [6, 6.07) is 3.93. The van der Waals surface area contributed by atoms with Crippen molar-refractivity contribution >= 4 is 5.82 Å². The van der Waals surface area contributed by atoms with Crippen molar-refractivity contribution in [2.24, 2.45) is 0 Å². The molecule has 0 bridgehead atoms. The van der Waals surface area contributed by atoms with Crippen LogP contribution in [0.5, 0.6) is 0 Å². The molecular weight excluding hydrogens is 206 g/mol. The summed E-state index contributed by atoms with van der Waals surface area (Å²) in [6.07, 6.45) is 2.49. The van der Waals surface area contributed by atoms with Gasteiger partial charge in [-0.25, -0.2) is 4.98 Å². The molecule has 0 aromatic carbocycles. The summed E-state index contributed by atoms with van der Waals surface area (Å²) in [4.78, 5) is 4.25. The maximum absolute atomic E-state index is 9.68. The van der Waals surface area contributed by atoms with Crippen molar-refractivity contribution in [2.45, 2.75) is 24.9 Å². The van der Waals surface area contributed by atoms with E-state index < -0.39 is 6.41 Å². The topological polar surface area (TPSA) is 66.4 Å². The van der Waals surface area contributed by atoms with Crippen molar-refractivity contribution in [2.75, 3.05) is 18.4 Å². The molecule has 3 heterocycles. The first-order valence-electron chi connectivity index (χ1n) is 5.59. The molecule has 1 aromatic rings. The number of nitrogens with one attached hydrogen (secondary N) is 2. The van der Waals surface area contributed by atoms with Gasteiger partial charge in [0.05, 0.1) is 0 Å². The van der Waals surface area contributed by atoms with Crippen LogP contribution in [0.15, 0.2) is 18.3 Å². The van der Waals surface area contributed by atoms with Gasteiger partial charge in [0.25, 0.3) is 0 Å². The Labute approximate surface area is 93.8 Å². The number of pyridine rings is 1. The third-order valence-corrected chi connectivity index (χ3v) is 3.31. The molecule has 0 aliphatic carbocycles. The molecule has 0 radical (unpaired) electrons. The SMILES string of the molecule is OC1Nc2ncccc2C2(CCNCC2)O1. The van der Waals surface area contributed by atoms with E-state index in [0.29, 0.717) is 0 Å². The van der Waals surface area contributed by atoms with Crippen LogP contribution in [-0.4, -0.2) is 29.6 Å². The number of piperidine rings is 1. The minimum Gasteiger partial charge on any atom is -0.351 e. The quantitative estimate of drug-likeness (QED) is 0.591. The van der Waals surface area contributed by atoms with Crippen LogP contribution in [0.2, 0.25) is 0 Å². The fourth-order valence-corrected chi connectivity index (χ4v) is 2.53. The van der Waals surface area contributed by atoms with E-state index in [4.69, 9.17) is 4.74 Å². The normalized spacial score (nSPS) is 27.2. The number of aromatic nitrogens is 1. The fourth-order valence-electron chi connectivity index (χ4n) is 2.53. The number of rotatable bonds is 0. The van der Waals surface area contributed by atoms with Gasteiger partial charge in [-0.05, 0) is 32.0 Å². The number of anilines is 1. The highest BCUT2D eigenvalue weighted by Gasteiger charge is 2.42. The Kier molecular flexibility index (Phi) is 2.31. The first-order valence-corrected chi connectivity index (χ1v) is 5.59. The summed E-state index contributed by atoms with van der Waals surface area (Å²) in [6.45, 7) is 1.81. The third-order valence-electron chi connectivity index (χ3n) is 3.31. The molecule has 3 rings (SSSR count). The molecule has 16 heavy (non-hydrogen) atoms. The number of nitrogens with zero attached hydrogens (tertiary/aromatic N) is 1. The number of aliphatic hydroxyl groups excluding tert-OH is 1. The molecule has 5 heteroatoms. The second-order valence-electron chi connectivity index (χ2n) is 4.26. The Morgan fingerprint density at radius 1 is 1.44 bits per heavy atom. The Bertz CT molecular complexity index is 391. The molecule has 1 spiro atoms. The molecule has 86 valence electrons. The van der Waals surface area contributed by atoms with Crippen molar-refractivity contribution in [3.05, 3.63) is 23.9 Å². The summed E-state index contributed by atoms with van der Waals surface area (Å²) >= 11 is 0. The summed E-state index contributed by atoms with van der Waals surface area (Å²) < 4.78 is 5.71. The van der Waals surface area contributed by atoms with Gasteiger partial charge in [0, 0.05) is 11.8 Å². The second-order valence-corrected chi connectivity index (χ2v) is 4.26. The standard InChI is InChI=1S/C11H15N3O2/c15-10-14-9-8(2-1-5-13-9)11(16-10)3-6-12-7-4-11/h1-2,5,10,12,15H,3-4,6-7H2,(H,13,14). The van der Waals surface area contributed by atoms with Gasteiger partial charge in [-0.15, -0.1) is 0 Å². The lowest BCUT2D eigenvalue weighted by atomic mass is 9.84. The van der Waals surface area contributed by atoms with E-state index in [9.17, 15) is 5.11 Å². The highest BCUT2D eigenvalue weighted by Crippen LogP contribution is 2.41. The average molecular weight is 221 g/mol. The lowest BCUT2D eigenvalue weighted by Gasteiger charge is -2.43. The molecule has 1 unspecified atom stereocenters. The van der Waals surface area contributed by atoms with Gasteiger partial charge in [-0.1, -0.05) is 6.07 Å². The van der Waals surface area contributed by atoms with Crippen LogP contribution in [-0.2, 0) is 10.3 Å². The zero-order valence-electron chi connectivity index (χ0n) is 8.94. The Hall–Kier alpha value is -1.17. The Morgan fingerprint density at radius 2 is 2.25 bits per heavy atom. The van der Waals surface area contributed by atoms with Crippen LogP contribution in [0.4, 0.5) is 5.82 Å². The Balaban J connectivity index is 2.05. The smallest absolute Gasteiger partial charge is 0.237 e. The monoisotopic (exact) mass is 221 g/mol. The van der Waals surface area contributed by atoms with Gasteiger partial charge < -0.3 is 20.5 Å². The van der Waals surface area contributed by atoms with Gasteiger partial charge in [-0.2, -0.15) is 0 Å². The molecule has 1 atom stereocenters. The van der Waals surface area contributed by atoms with Gasteiger partial charge in [-0.3, -0.25) is 0 Å². The van der Waals surface area contributed by atoms with Crippen LogP contribution in [0, 0.1) is 0 Å². The van der Waals surface area contributed by atoms with E-state index in [0.717, 1.165) is 37.3 Å². The summed E-state index contributed by atoms with van der Waals surface area (Å²) in [5.74, 6) is 0.739. The third kappa shape index (κ3) is 1.48. The molecule has 1 aromatic heterocycles. The molecule has 3 N–H and O–H groups in total. The molecule has 2 aliphatic heterocycles. The van der Waals surface area contributed by atoms with Crippen LogP contribution in [0.3, 0.4) is 0 Å². The summed E-state index contributed by atoms with van der Waals surface area (Å²) in [5.41, 5.74) is 0.682. The first kappa shape index (κ1) is 10.0. The van der Waals surface area contributed by atoms with Gasteiger partial charge in [0.1, 0.15) is 11.4 Å². The molecule has 1 fully saturated rings. The lowest BCUT2D eigenvalue weighted by Crippen LogP contribution is -2.49. The minimum atomic E-state index is -0.958. The molecule has 0 amide bonds. The molecule has 0 saturated carbocycles. The molecular formula is C11H15N3O2. The van der Waals surface area contributed by atoms with Crippen LogP contribution in [0.25, 0.3) is 0 Å². The zero-order valence-corrected chi connectivity index (χ0v) is 8.94. The van der Waals surface area contributed by atoms with E-state index in [2.05, 4.69) is 15.6 Å². The number of ether oxygens (including phenoxy) is 1. The molecule has 2 aliphatic rings. The van der Waals surface area contributed by atoms with E-state index in [1.807, 2.05) is 12.1 Å². The van der Waals surface area contributed by atoms with Crippen molar-refractivity contribution in [3.63, 3.8) is 0 Å². The van der Waals surface area contributed by atoms with E-state index in [1.54, 1.807) is 6.20 Å². The highest BCUT2D eigenvalue weighted by atomic mass is 16.6. The molecule has 5 nitrogen and oxygen atoms in total. The van der Waals surface area contributed by atoms with Crippen molar-refractivity contribution in [1.29, 1.82) is 0 Å². The Morgan fingerprint density at radius 3 is 3.06 bits per heavy atom. The van der Waals surface area contributed by atoms with Gasteiger partial charge in [0.15, 0.2) is 0 Å². The number of aliphatic hydroxyl groups is 1. The maximum Gasteiger partial charge on any atom is 0.237 e. The summed E-state index contributed by atoms with van der Waals surface area (Å²) in [5, 5.41) is 15.8. The van der Waals surface area contributed by atoms with E-state index in [1.165, 1.54) is 0 Å². The predicted octanol–water partition coefficient (Wildman–Crippen LogP) is 0.378. The number of fused-ring (bicyclic) bond motifs is 2. The minimum absolute atomic E-state index is 0.375. The second kappa shape index (κ2) is 3.69. The van der Waals surface area contributed by atoms with Gasteiger partial charge in [0.2, 0.25) is 6.41 Å². The van der Waals surface area contributed by atoms with Crippen molar-refractivity contribution in [1.82, 2.24) is 10.3 Å². The maximum atomic E-state index is 9.68. The predicted molar refractivity (Wildman–Crippen MR) is 58.7 cm³/mol. The van der Waals surface area contributed by atoms with Crippen LogP contribution >= 0.6 is 0 Å². The highest BCUT2D eigenvalue weighted by molar-refractivity contribution is 5.49. The largest absolute Gasteiger partial charge is 0.351 e. The van der Waals surface area contributed by atoms with Crippen LogP contribution < -0.4 is 10.6 Å². The van der Waals surface area contributed by atoms with Crippen molar-refractivity contribution in [3.8, 4) is 0 Å². The van der Waals surface area contributed by atoms with Gasteiger partial charge >= 0.3 is 0 Å². The fraction of sp³-hybridized carbons (Fsp3) is 0.545.